The molecule has 6 nitrogen and oxygen atoms in total. The van der Waals surface area contributed by atoms with Crippen LogP contribution in [0.2, 0.25) is 0 Å². The van der Waals surface area contributed by atoms with Crippen molar-refractivity contribution in [3.8, 4) is 5.75 Å². The SMILES string of the molecule is CCC/C=C/C=C/C=C/CCCOCC(CO)OC(=O)c1ccc(OC(C)=O)cc1. The number of rotatable bonds is 14. The zero-order chi connectivity index (χ0) is 22.0. The van der Waals surface area contributed by atoms with Gasteiger partial charge in [0.25, 0.3) is 0 Å². The second-order valence-electron chi connectivity index (χ2n) is 6.57. The van der Waals surface area contributed by atoms with Crippen molar-refractivity contribution >= 4 is 11.9 Å². The number of hydrogen-bond acceptors (Lipinski definition) is 6. The average Bonchev–Trinajstić information content (AvgIpc) is 2.73. The number of aliphatic hydroxyl groups excluding tert-OH is 1. The fourth-order valence-electron chi connectivity index (χ4n) is 2.33. The van der Waals surface area contributed by atoms with Crippen molar-refractivity contribution in [2.24, 2.45) is 0 Å². The van der Waals surface area contributed by atoms with Gasteiger partial charge in [-0.2, -0.15) is 0 Å². The Labute approximate surface area is 178 Å². The van der Waals surface area contributed by atoms with Crippen LogP contribution in [-0.4, -0.2) is 43.0 Å². The molecule has 0 fully saturated rings. The molecule has 0 aliphatic rings. The number of carbonyl (C=O) groups is 2. The molecule has 0 saturated carbocycles. The topological polar surface area (TPSA) is 82.1 Å². The second-order valence-corrected chi connectivity index (χ2v) is 6.57. The molecule has 30 heavy (non-hydrogen) atoms. The van der Waals surface area contributed by atoms with Crippen LogP contribution in [0, 0.1) is 0 Å². The molecular formula is C24H32O6. The number of unbranched alkanes of at least 4 members (excludes halogenated alkanes) is 2. The number of allylic oxidation sites excluding steroid dienone is 6. The molecule has 0 saturated heterocycles. The summed E-state index contributed by atoms with van der Waals surface area (Å²) in [5.41, 5.74) is 0.298. The van der Waals surface area contributed by atoms with Gasteiger partial charge in [0.05, 0.1) is 18.8 Å². The second kappa shape index (κ2) is 16.1. The first kappa shape index (κ1) is 25.3. The minimum Gasteiger partial charge on any atom is -0.454 e. The maximum atomic E-state index is 12.1. The zero-order valence-electron chi connectivity index (χ0n) is 17.8. The van der Waals surface area contributed by atoms with Gasteiger partial charge >= 0.3 is 11.9 Å². The number of ether oxygens (including phenoxy) is 3. The first-order valence-corrected chi connectivity index (χ1v) is 10.2. The van der Waals surface area contributed by atoms with Gasteiger partial charge in [-0.3, -0.25) is 4.79 Å². The van der Waals surface area contributed by atoms with Crippen LogP contribution in [0.4, 0.5) is 0 Å². The zero-order valence-corrected chi connectivity index (χ0v) is 17.8. The monoisotopic (exact) mass is 416 g/mol. The number of benzene rings is 1. The van der Waals surface area contributed by atoms with E-state index in [0.717, 1.165) is 25.7 Å². The van der Waals surface area contributed by atoms with Gasteiger partial charge in [-0.25, -0.2) is 4.79 Å². The van der Waals surface area contributed by atoms with Gasteiger partial charge in [0.2, 0.25) is 0 Å². The van der Waals surface area contributed by atoms with E-state index in [1.807, 2.05) is 24.3 Å². The van der Waals surface area contributed by atoms with Gasteiger partial charge < -0.3 is 19.3 Å². The van der Waals surface area contributed by atoms with Crippen LogP contribution in [-0.2, 0) is 14.3 Å². The highest BCUT2D eigenvalue weighted by Gasteiger charge is 2.15. The van der Waals surface area contributed by atoms with E-state index < -0.39 is 18.0 Å². The van der Waals surface area contributed by atoms with Gasteiger partial charge in [0, 0.05) is 13.5 Å². The highest BCUT2D eigenvalue weighted by molar-refractivity contribution is 5.89. The largest absolute Gasteiger partial charge is 0.454 e. The molecule has 0 amide bonds. The maximum Gasteiger partial charge on any atom is 0.338 e. The summed E-state index contributed by atoms with van der Waals surface area (Å²) in [6, 6.07) is 6.01. The summed E-state index contributed by atoms with van der Waals surface area (Å²) in [7, 11) is 0. The summed E-state index contributed by atoms with van der Waals surface area (Å²) < 4.78 is 15.7. The fraction of sp³-hybridized carbons (Fsp3) is 0.417. The minimum atomic E-state index is -0.737. The summed E-state index contributed by atoms with van der Waals surface area (Å²) in [6.07, 6.45) is 15.5. The van der Waals surface area contributed by atoms with Crippen LogP contribution < -0.4 is 4.74 Å². The Morgan fingerprint density at radius 3 is 2.30 bits per heavy atom. The van der Waals surface area contributed by atoms with E-state index in [4.69, 9.17) is 14.2 Å². The molecular weight excluding hydrogens is 384 g/mol. The Balaban J connectivity index is 2.24. The highest BCUT2D eigenvalue weighted by atomic mass is 16.6. The maximum absolute atomic E-state index is 12.1. The molecule has 1 rings (SSSR count). The first-order chi connectivity index (χ1) is 14.6. The molecule has 0 aliphatic carbocycles. The van der Waals surface area contributed by atoms with Crippen LogP contribution in [0.5, 0.6) is 5.75 Å². The van der Waals surface area contributed by atoms with Crippen molar-refractivity contribution in [3.63, 3.8) is 0 Å². The summed E-state index contributed by atoms with van der Waals surface area (Å²) in [5, 5.41) is 9.40. The van der Waals surface area contributed by atoms with Gasteiger partial charge in [-0.05, 0) is 43.5 Å². The van der Waals surface area contributed by atoms with E-state index in [1.165, 1.54) is 31.2 Å². The lowest BCUT2D eigenvalue weighted by atomic mass is 10.2. The Morgan fingerprint density at radius 2 is 1.70 bits per heavy atom. The number of aliphatic hydroxyl groups is 1. The lowest BCUT2D eigenvalue weighted by molar-refractivity contribution is -0.131. The van der Waals surface area contributed by atoms with Crippen LogP contribution in [0.3, 0.4) is 0 Å². The molecule has 0 radical (unpaired) electrons. The van der Waals surface area contributed by atoms with Gasteiger partial charge in [0.15, 0.2) is 0 Å². The normalized spacial score (nSPS) is 12.6. The molecule has 1 aromatic rings. The molecule has 6 heteroatoms. The van der Waals surface area contributed by atoms with Crippen molar-refractivity contribution in [1.82, 2.24) is 0 Å². The lowest BCUT2D eigenvalue weighted by Gasteiger charge is -2.15. The Kier molecular flexibility index (Phi) is 13.6. The molecule has 1 N–H and O–H groups in total. The van der Waals surface area contributed by atoms with Crippen molar-refractivity contribution in [2.75, 3.05) is 19.8 Å². The van der Waals surface area contributed by atoms with Crippen molar-refractivity contribution in [2.45, 2.75) is 45.6 Å². The average molecular weight is 417 g/mol. The lowest BCUT2D eigenvalue weighted by Crippen LogP contribution is -2.27. The summed E-state index contributed by atoms with van der Waals surface area (Å²) >= 11 is 0. The molecule has 0 spiro atoms. The summed E-state index contributed by atoms with van der Waals surface area (Å²) in [5.74, 6) is -0.664. The standard InChI is InChI=1S/C24H32O6/c1-3-4-5-6-7-8-9-10-11-12-17-28-19-23(18-25)30-24(27)21-13-15-22(16-14-21)29-20(2)26/h5-10,13-16,23,25H,3-4,11-12,17-19H2,1-2H3/b6-5+,8-7+,10-9+. The van der Waals surface area contributed by atoms with E-state index >= 15 is 0 Å². The van der Waals surface area contributed by atoms with E-state index in [1.54, 1.807) is 0 Å². The Morgan fingerprint density at radius 1 is 1.03 bits per heavy atom. The Hall–Kier alpha value is -2.70. The predicted octanol–water partition coefficient (Wildman–Crippen LogP) is 4.40. The molecule has 164 valence electrons. The third-order valence-electron chi connectivity index (χ3n) is 3.85. The van der Waals surface area contributed by atoms with Gasteiger partial charge in [0.1, 0.15) is 11.9 Å². The highest BCUT2D eigenvalue weighted by Crippen LogP contribution is 2.14. The quantitative estimate of drug-likeness (QED) is 0.210. The van der Waals surface area contributed by atoms with Crippen molar-refractivity contribution < 1.29 is 28.9 Å². The number of hydrogen-bond donors (Lipinski definition) is 1. The summed E-state index contributed by atoms with van der Waals surface area (Å²) in [4.78, 5) is 23.1. The van der Waals surface area contributed by atoms with Crippen molar-refractivity contribution in [3.05, 3.63) is 66.3 Å². The molecule has 0 bridgehead atoms. The minimum absolute atomic E-state index is 0.125. The first-order valence-electron chi connectivity index (χ1n) is 10.2. The molecule has 0 aromatic heterocycles. The van der Waals surface area contributed by atoms with E-state index in [9.17, 15) is 14.7 Å². The number of carbonyl (C=O) groups excluding carboxylic acids is 2. The molecule has 0 aliphatic heterocycles. The van der Waals surface area contributed by atoms with E-state index in [0.29, 0.717) is 17.9 Å². The third-order valence-corrected chi connectivity index (χ3v) is 3.85. The summed E-state index contributed by atoms with van der Waals surface area (Å²) in [6.45, 7) is 3.76. The Bertz CT molecular complexity index is 703. The van der Waals surface area contributed by atoms with Crippen LogP contribution >= 0.6 is 0 Å². The molecule has 1 atom stereocenters. The molecule has 1 unspecified atom stereocenters. The van der Waals surface area contributed by atoms with Crippen LogP contribution in [0.15, 0.2) is 60.7 Å². The van der Waals surface area contributed by atoms with Gasteiger partial charge in [-0.1, -0.05) is 49.8 Å². The fourth-order valence-corrected chi connectivity index (χ4v) is 2.33. The molecule has 0 heterocycles. The van der Waals surface area contributed by atoms with Crippen molar-refractivity contribution in [1.29, 1.82) is 0 Å². The van der Waals surface area contributed by atoms with E-state index in [-0.39, 0.29) is 13.2 Å². The smallest absolute Gasteiger partial charge is 0.338 e. The van der Waals surface area contributed by atoms with Gasteiger partial charge in [-0.15, -0.1) is 0 Å². The molecule has 1 aromatic carbocycles. The van der Waals surface area contributed by atoms with Crippen LogP contribution in [0.25, 0.3) is 0 Å². The van der Waals surface area contributed by atoms with E-state index in [2.05, 4.69) is 19.1 Å². The van der Waals surface area contributed by atoms with Crippen LogP contribution in [0.1, 0.15) is 49.9 Å². The third kappa shape index (κ3) is 12.0. The number of esters is 2. The predicted molar refractivity (Wildman–Crippen MR) is 116 cm³/mol.